The average molecular weight is 212 g/mol. The molecule has 2 rings (SSSR count). The Bertz CT molecular complexity index is 562. The Labute approximate surface area is 83.6 Å². The van der Waals surface area contributed by atoms with E-state index >= 15 is 0 Å². The summed E-state index contributed by atoms with van der Waals surface area (Å²) in [7, 11) is 0. The molecule has 0 fully saturated rings. The molecule has 0 radical (unpaired) electrons. The van der Waals surface area contributed by atoms with Gasteiger partial charge >= 0.3 is 0 Å². The van der Waals surface area contributed by atoms with Gasteiger partial charge in [-0.05, 0) is 24.6 Å². The number of hydrogen-bond acceptors (Lipinski definition) is 2. The van der Waals surface area contributed by atoms with Crippen molar-refractivity contribution < 1.29 is 8.78 Å². The maximum absolute atomic E-state index is 12.8. The summed E-state index contributed by atoms with van der Waals surface area (Å²) in [6, 6.07) is 2.76. The van der Waals surface area contributed by atoms with Crippen LogP contribution in [0.25, 0.3) is 11.0 Å². The number of fused-ring (bicyclic) bond motifs is 1. The highest BCUT2D eigenvalue weighted by Crippen LogP contribution is 2.15. The van der Waals surface area contributed by atoms with Gasteiger partial charge in [0.05, 0.1) is 0 Å². The number of aryl methyl sites for hydroxylation is 1. The Morgan fingerprint density at radius 1 is 1.36 bits per heavy atom. The number of nitrogens with one attached hydrogen (secondary N) is 1. The molecule has 72 valence electrons. The fourth-order valence-corrected chi connectivity index (χ4v) is 1.35. The number of pyridine rings is 2. The van der Waals surface area contributed by atoms with E-state index in [4.69, 9.17) is 12.2 Å². The third kappa shape index (κ3) is 1.39. The van der Waals surface area contributed by atoms with E-state index in [0.29, 0.717) is 10.0 Å². The van der Waals surface area contributed by atoms with Gasteiger partial charge in [0.2, 0.25) is 0 Å². The molecule has 0 aliphatic rings. The second-order valence-corrected chi connectivity index (χ2v) is 3.39. The zero-order chi connectivity index (χ0) is 10.3. The van der Waals surface area contributed by atoms with Gasteiger partial charge in [0.25, 0.3) is 5.95 Å². The lowest BCUT2D eigenvalue weighted by Gasteiger charge is -2.00. The van der Waals surface area contributed by atoms with Gasteiger partial charge in [-0.15, -0.1) is 0 Å². The summed E-state index contributed by atoms with van der Waals surface area (Å²) in [5.41, 5.74) is 1.07. The quantitative estimate of drug-likeness (QED) is 0.537. The van der Waals surface area contributed by atoms with Crippen LogP contribution in [0.15, 0.2) is 12.1 Å². The Balaban J connectivity index is 2.90. The fourth-order valence-electron chi connectivity index (χ4n) is 1.20. The summed E-state index contributed by atoms with van der Waals surface area (Å²) in [6.45, 7) is 1.79. The minimum atomic E-state index is -1.12. The summed E-state index contributed by atoms with van der Waals surface area (Å²) in [5, 5.41) is 0.509. The summed E-state index contributed by atoms with van der Waals surface area (Å²) >= 11 is 4.95. The van der Waals surface area contributed by atoms with Gasteiger partial charge in [-0.2, -0.15) is 9.37 Å². The summed E-state index contributed by atoms with van der Waals surface area (Å²) in [5.74, 6) is -2.07. The van der Waals surface area contributed by atoms with Crippen LogP contribution in [0, 0.1) is 23.3 Å². The topological polar surface area (TPSA) is 28.7 Å². The van der Waals surface area contributed by atoms with Crippen molar-refractivity contribution in [1.82, 2.24) is 9.97 Å². The van der Waals surface area contributed by atoms with Crippen molar-refractivity contribution in [3.63, 3.8) is 0 Å². The highest BCUT2D eigenvalue weighted by Gasteiger charge is 2.06. The molecule has 0 aliphatic carbocycles. The van der Waals surface area contributed by atoms with E-state index < -0.39 is 11.8 Å². The molecule has 0 amide bonds. The van der Waals surface area contributed by atoms with E-state index in [1.165, 1.54) is 0 Å². The van der Waals surface area contributed by atoms with Crippen LogP contribution < -0.4 is 0 Å². The number of hydrogen-bond donors (Lipinski definition) is 1. The predicted octanol–water partition coefficient (Wildman–Crippen LogP) is 2.88. The largest absolute Gasteiger partial charge is 0.330 e. The van der Waals surface area contributed by atoms with E-state index in [-0.39, 0.29) is 5.65 Å². The molecule has 2 aromatic rings. The minimum Gasteiger partial charge on any atom is -0.330 e. The normalized spacial score (nSPS) is 10.8. The molecule has 5 heteroatoms. The van der Waals surface area contributed by atoms with Gasteiger partial charge in [0.15, 0.2) is 5.82 Å². The highest BCUT2D eigenvalue weighted by molar-refractivity contribution is 7.71. The average Bonchev–Trinajstić information content (AvgIpc) is 2.11. The molecule has 0 bridgehead atoms. The number of nitrogens with zero attached hydrogens (tertiary/aromatic N) is 1. The van der Waals surface area contributed by atoms with Gasteiger partial charge in [-0.3, -0.25) is 0 Å². The minimum absolute atomic E-state index is 0.263. The van der Waals surface area contributed by atoms with Gasteiger partial charge in [-0.1, -0.05) is 12.2 Å². The van der Waals surface area contributed by atoms with Crippen LogP contribution in [0.3, 0.4) is 0 Å². The van der Waals surface area contributed by atoms with Crippen LogP contribution in [-0.2, 0) is 0 Å². The molecule has 2 aromatic heterocycles. The molecular formula is C9H6F2N2S. The Morgan fingerprint density at radius 3 is 2.79 bits per heavy atom. The Kier molecular flexibility index (Phi) is 2.03. The first kappa shape index (κ1) is 9.21. The zero-order valence-electron chi connectivity index (χ0n) is 7.27. The Morgan fingerprint density at radius 2 is 2.07 bits per heavy atom. The molecule has 0 spiro atoms. The summed E-state index contributed by atoms with van der Waals surface area (Å²) in [4.78, 5) is 6.14. The van der Waals surface area contributed by atoms with Crippen LogP contribution in [0.5, 0.6) is 0 Å². The van der Waals surface area contributed by atoms with Crippen LogP contribution >= 0.6 is 12.2 Å². The van der Waals surface area contributed by atoms with Gasteiger partial charge in [0.1, 0.15) is 10.3 Å². The molecule has 1 N–H and O–H groups in total. The lowest BCUT2D eigenvalue weighted by molar-refractivity contribution is 0.483. The van der Waals surface area contributed by atoms with Crippen molar-refractivity contribution in [1.29, 1.82) is 0 Å². The third-order valence-electron chi connectivity index (χ3n) is 1.92. The van der Waals surface area contributed by atoms with Crippen LogP contribution in [0.2, 0.25) is 0 Å². The number of aromatic nitrogens is 2. The number of halogens is 2. The first-order chi connectivity index (χ1) is 6.58. The highest BCUT2D eigenvalue weighted by atomic mass is 32.1. The second kappa shape index (κ2) is 3.09. The first-order valence-corrected chi connectivity index (χ1v) is 4.34. The molecule has 0 atom stereocenters. The molecule has 0 saturated heterocycles. The van der Waals surface area contributed by atoms with E-state index in [0.717, 1.165) is 11.6 Å². The molecular weight excluding hydrogens is 206 g/mol. The van der Waals surface area contributed by atoms with Crippen LogP contribution in [0.1, 0.15) is 5.56 Å². The van der Waals surface area contributed by atoms with E-state index in [2.05, 4.69) is 9.97 Å². The Hall–Kier alpha value is -1.36. The van der Waals surface area contributed by atoms with Crippen molar-refractivity contribution >= 4 is 23.3 Å². The SMILES string of the molecule is Cc1cc2cc(F)c(F)nc2[nH]c1=S. The maximum Gasteiger partial charge on any atom is 0.250 e. The van der Waals surface area contributed by atoms with E-state index in [9.17, 15) is 8.78 Å². The standard InChI is InChI=1S/C9H6F2N2S/c1-4-2-5-3-6(10)7(11)12-8(5)13-9(4)14/h2-3H,1H3,(H,12,13,14). The summed E-state index contributed by atoms with van der Waals surface area (Å²) in [6.07, 6.45) is 0. The third-order valence-corrected chi connectivity index (χ3v) is 2.35. The number of rotatable bonds is 0. The van der Waals surface area contributed by atoms with E-state index in [1.54, 1.807) is 13.0 Å². The number of aromatic amines is 1. The maximum atomic E-state index is 12.8. The lowest BCUT2D eigenvalue weighted by atomic mass is 10.2. The molecule has 2 nitrogen and oxygen atoms in total. The van der Waals surface area contributed by atoms with Crippen LogP contribution in [-0.4, -0.2) is 9.97 Å². The second-order valence-electron chi connectivity index (χ2n) is 2.98. The number of H-pyrrole nitrogens is 1. The van der Waals surface area contributed by atoms with E-state index in [1.807, 2.05) is 0 Å². The van der Waals surface area contributed by atoms with Gasteiger partial charge < -0.3 is 4.98 Å². The van der Waals surface area contributed by atoms with Crippen LogP contribution in [0.4, 0.5) is 8.78 Å². The van der Waals surface area contributed by atoms with Crippen molar-refractivity contribution in [3.8, 4) is 0 Å². The smallest absolute Gasteiger partial charge is 0.250 e. The molecule has 14 heavy (non-hydrogen) atoms. The zero-order valence-corrected chi connectivity index (χ0v) is 8.08. The van der Waals surface area contributed by atoms with Crippen molar-refractivity contribution in [2.45, 2.75) is 6.92 Å². The molecule has 2 heterocycles. The summed E-state index contributed by atoms with van der Waals surface area (Å²) < 4.78 is 26.0. The molecule has 0 aliphatic heterocycles. The monoisotopic (exact) mass is 212 g/mol. The lowest BCUT2D eigenvalue weighted by Crippen LogP contribution is -1.94. The van der Waals surface area contributed by atoms with Gasteiger partial charge in [-0.25, -0.2) is 4.39 Å². The van der Waals surface area contributed by atoms with Crippen molar-refractivity contribution in [3.05, 3.63) is 34.1 Å². The van der Waals surface area contributed by atoms with Crippen molar-refractivity contribution in [2.24, 2.45) is 0 Å². The van der Waals surface area contributed by atoms with Gasteiger partial charge in [0, 0.05) is 5.39 Å². The van der Waals surface area contributed by atoms with Crippen molar-refractivity contribution in [2.75, 3.05) is 0 Å². The molecule has 0 aromatic carbocycles. The first-order valence-electron chi connectivity index (χ1n) is 3.93. The fraction of sp³-hybridized carbons (Fsp3) is 0.111. The molecule has 0 unspecified atom stereocenters. The molecule has 0 saturated carbocycles. The predicted molar refractivity (Wildman–Crippen MR) is 51.6 cm³/mol.